The van der Waals surface area contributed by atoms with Crippen molar-refractivity contribution in [2.45, 2.75) is 38.3 Å². The van der Waals surface area contributed by atoms with Gasteiger partial charge in [-0.25, -0.2) is 13.8 Å². The minimum absolute atomic E-state index is 0.00649. The molecule has 1 aliphatic carbocycles. The van der Waals surface area contributed by atoms with Crippen LogP contribution in [0.2, 0.25) is 0 Å². The number of nitrogens with zero attached hydrogens (tertiary/aromatic N) is 3. The number of pyridine rings is 1. The number of hydrogen-bond acceptors (Lipinski definition) is 6. The normalized spacial score (nSPS) is 13.6. The highest BCUT2D eigenvalue weighted by Crippen LogP contribution is 2.39. The quantitative estimate of drug-likeness (QED) is 0.204. The van der Waals surface area contributed by atoms with Crippen molar-refractivity contribution in [3.63, 3.8) is 0 Å². The lowest BCUT2D eigenvalue weighted by molar-refractivity contribution is 0.0951. The first kappa shape index (κ1) is 26.1. The molecular formula is C29H31F2N7O. The lowest BCUT2D eigenvalue weighted by Crippen LogP contribution is -2.24. The van der Waals surface area contributed by atoms with Crippen LogP contribution in [0.3, 0.4) is 0 Å². The molecular weight excluding hydrogens is 500 g/mol. The summed E-state index contributed by atoms with van der Waals surface area (Å²) in [5, 5.41) is 16.3. The maximum atomic E-state index is 15.2. The molecule has 2 aromatic heterocycles. The van der Waals surface area contributed by atoms with E-state index in [0.29, 0.717) is 28.7 Å². The van der Waals surface area contributed by atoms with E-state index in [9.17, 15) is 9.18 Å². The number of halogens is 2. The van der Waals surface area contributed by atoms with E-state index < -0.39 is 5.82 Å². The highest BCUT2D eigenvalue weighted by Gasteiger charge is 2.26. The van der Waals surface area contributed by atoms with Crippen LogP contribution in [0.25, 0.3) is 0 Å². The summed E-state index contributed by atoms with van der Waals surface area (Å²) in [4.78, 5) is 19.3. The Kier molecular flexibility index (Phi) is 7.44. The average Bonchev–Trinajstić information content (AvgIpc) is 3.68. The molecule has 1 atom stereocenters. The molecule has 0 saturated heterocycles. The molecule has 39 heavy (non-hydrogen) atoms. The summed E-state index contributed by atoms with van der Waals surface area (Å²) in [6.07, 6.45) is 2.23. The molecule has 1 unspecified atom stereocenters. The second-order valence-electron chi connectivity index (χ2n) is 9.98. The van der Waals surface area contributed by atoms with E-state index in [0.717, 1.165) is 29.8 Å². The van der Waals surface area contributed by atoms with Gasteiger partial charge in [-0.05, 0) is 67.8 Å². The minimum atomic E-state index is -0.578. The molecule has 2 heterocycles. The lowest BCUT2D eigenvalue weighted by Gasteiger charge is -2.19. The van der Waals surface area contributed by atoms with Crippen LogP contribution in [0.5, 0.6) is 0 Å². The van der Waals surface area contributed by atoms with Gasteiger partial charge in [-0.15, -0.1) is 0 Å². The van der Waals surface area contributed by atoms with Crippen LogP contribution in [0.15, 0.2) is 60.7 Å². The highest BCUT2D eigenvalue weighted by molar-refractivity contribution is 5.94. The summed E-state index contributed by atoms with van der Waals surface area (Å²) in [6.45, 7) is 1.95. The molecule has 5 rings (SSSR count). The summed E-state index contributed by atoms with van der Waals surface area (Å²) in [6, 6.07) is 16.3. The third-order valence-corrected chi connectivity index (χ3v) is 6.72. The Morgan fingerprint density at radius 1 is 1.05 bits per heavy atom. The van der Waals surface area contributed by atoms with Crippen LogP contribution < -0.4 is 20.9 Å². The number of aromatic nitrogens is 3. The van der Waals surface area contributed by atoms with Gasteiger partial charge < -0.3 is 20.9 Å². The number of carbonyl (C=O) groups excluding carboxylic acids is 1. The Morgan fingerprint density at radius 3 is 2.44 bits per heavy atom. The van der Waals surface area contributed by atoms with Gasteiger partial charge in [-0.3, -0.25) is 9.89 Å². The Bertz CT molecular complexity index is 1450. The number of H-pyrrole nitrogens is 1. The fourth-order valence-corrected chi connectivity index (χ4v) is 4.23. The fourth-order valence-electron chi connectivity index (χ4n) is 4.23. The van der Waals surface area contributed by atoms with Gasteiger partial charge >= 0.3 is 0 Å². The molecule has 0 bridgehead atoms. The fraction of sp³-hybridized carbons (Fsp3) is 0.276. The van der Waals surface area contributed by atoms with Gasteiger partial charge in [0.15, 0.2) is 17.5 Å². The third-order valence-electron chi connectivity index (χ3n) is 6.72. The Labute approximate surface area is 225 Å². The standard InChI is InChI=1S/C29H31F2N7O/c1-17(18-6-10-22(30)11-7-18)33-27-21(16-32-29(39)20-8-12-23(13-9-20)38(2)3)14-24(31)28(35-27)34-26-15-25(36-37-26)19-4-5-19/h6-15,17,19H,4-5,16H2,1-3H3,(H,32,39)(H3,33,34,35,36,37). The molecule has 0 radical (unpaired) electrons. The van der Waals surface area contributed by atoms with Crippen molar-refractivity contribution >= 4 is 29.0 Å². The average molecular weight is 532 g/mol. The van der Waals surface area contributed by atoms with Crippen LogP contribution >= 0.6 is 0 Å². The number of rotatable bonds is 10. The zero-order valence-electron chi connectivity index (χ0n) is 22.1. The number of anilines is 4. The van der Waals surface area contributed by atoms with Gasteiger partial charge in [0.05, 0.1) is 0 Å². The maximum absolute atomic E-state index is 15.2. The zero-order chi connectivity index (χ0) is 27.5. The Hall–Kier alpha value is -4.47. The molecule has 1 saturated carbocycles. The van der Waals surface area contributed by atoms with Crippen LogP contribution in [-0.2, 0) is 6.54 Å². The van der Waals surface area contributed by atoms with E-state index in [1.165, 1.54) is 18.2 Å². The lowest BCUT2D eigenvalue weighted by atomic mass is 10.1. The van der Waals surface area contributed by atoms with E-state index in [4.69, 9.17) is 0 Å². The number of amides is 1. The molecule has 0 spiro atoms. The Morgan fingerprint density at radius 2 is 1.77 bits per heavy atom. The van der Waals surface area contributed by atoms with E-state index in [1.807, 2.05) is 44.1 Å². The maximum Gasteiger partial charge on any atom is 0.251 e. The van der Waals surface area contributed by atoms with Crippen LogP contribution in [-0.4, -0.2) is 35.2 Å². The van der Waals surface area contributed by atoms with Crippen LogP contribution in [0.4, 0.5) is 31.9 Å². The van der Waals surface area contributed by atoms with Gasteiger partial charge in [-0.1, -0.05) is 12.1 Å². The van der Waals surface area contributed by atoms with E-state index in [1.54, 1.807) is 24.3 Å². The van der Waals surface area contributed by atoms with Crippen molar-refractivity contribution in [2.75, 3.05) is 29.6 Å². The Balaban J connectivity index is 1.37. The summed E-state index contributed by atoms with van der Waals surface area (Å²) >= 11 is 0. The highest BCUT2D eigenvalue weighted by atomic mass is 19.1. The monoisotopic (exact) mass is 531 g/mol. The second-order valence-corrected chi connectivity index (χ2v) is 9.98. The predicted molar refractivity (Wildman–Crippen MR) is 148 cm³/mol. The second kappa shape index (κ2) is 11.1. The first-order valence-electron chi connectivity index (χ1n) is 12.9. The molecule has 8 nitrogen and oxygen atoms in total. The molecule has 1 fully saturated rings. The van der Waals surface area contributed by atoms with Crippen molar-refractivity contribution in [1.29, 1.82) is 0 Å². The topological polar surface area (TPSA) is 98.0 Å². The van der Waals surface area contributed by atoms with E-state index >= 15 is 4.39 Å². The predicted octanol–water partition coefficient (Wildman–Crippen LogP) is 5.87. The molecule has 1 amide bonds. The molecule has 2 aromatic carbocycles. The summed E-state index contributed by atoms with van der Waals surface area (Å²) < 4.78 is 28.7. The molecule has 4 aromatic rings. The number of aromatic amines is 1. The minimum Gasteiger partial charge on any atom is -0.378 e. The zero-order valence-corrected chi connectivity index (χ0v) is 22.1. The van der Waals surface area contributed by atoms with Crippen LogP contribution in [0, 0.1) is 11.6 Å². The van der Waals surface area contributed by atoms with Gasteiger partial charge in [0, 0.05) is 61.2 Å². The van der Waals surface area contributed by atoms with Gasteiger partial charge in [-0.2, -0.15) is 5.10 Å². The van der Waals surface area contributed by atoms with Gasteiger partial charge in [0.25, 0.3) is 5.91 Å². The first-order chi connectivity index (χ1) is 18.8. The number of carbonyl (C=O) groups is 1. The number of nitrogens with one attached hydrogen (secondary N) is 4. The molecule has 0 aliphatic heterocycles. The van der Waals surface area contributed by atoms with Crippen molar-refractivity contribution in [3.8, 4) is 0 Å². The molecule has 1 aliphatic rings. The summed E-state index contributed by atoms with van der Waals surface area (Å²) in [5.41, 5.74) is 3.77. The summed E-state index contributed by atoms with van der Waals surface area (Å²) in [5.74, 6) is 0.149. The van der Waals surface area contributed by atoms with Crippen molar-refractivity contribution in [3.05, 3.63) is 94.7 Å². The van der Waals surface area contributed by atoms with E-state index in [-0.39, 0.29) is 30.1 Å². The molecule has 4 N–H and O–H groups in total. The van der Waals surface area contributed by atoms with Crippen molar-refractivity contribution in [1.82, 2.24) is 20.5 Å². The van der Waals surface area contributed by atoms with Crippen molar-refractivity contribution < 1.29 is 13.6 Å². The van der Waals surface area contributed by atoms with Crippen molar-refractivity contribution in [2.24, 2.45) is 0 Å². The van der Waals surface area contributed by atoms with E-state index in [2.05, 4.69) is 31.1 Å². The van der Waals surface area contributed by atoms with Gasteiger partial charge in [0.2, 0.25) is 0 Å². The molecule has 10 heteroatoms. The van der Waals surface area contributed by atoms with Crippen LogP contribution in [0.1, 0.15) is 58.9 Å². The number of hydrogen-bond donors (Lipinski definition) is 4. The third kappa shape index (κ3) is 6.34. The smallest absolute Gasteiger partial charge is 0.251 e. The SMILES string of the molecule is CC(Nc1nc(Nc2cc(C3CC3)[nH]n2)c(F)cc1CNC(=O)c1ccc(N(C)C)cc1)c1ccc(F)cc1. The largest absolute Gasteiger partial charge is 0.378 e. The van der Waals surface area contributed by atoms with Gasteiger partial charge in [0.1, 0.15) is 11.6 Å². The summed E-state index contributed by atoms with van der Waals surface area (Å²) in [7, 11) is 3.85. The number of benzene rings is 2. The first-order valence-corrected chi connectivity index (χ1v) is 12.9. The molecule has 202 valence electrons.